The van der Waals surface area contributed by atoms with Crippen LogP contribution in [-0.4, -0.2) is 26.5 Å². The summed E-state index contributed by atoms with van der Waals surface area (Å²) in [6, 6.07) is 0. The molecule has 1 aromatic heterocycles. The summed E-state index contributed by atoms with van der Waals surface area (Å²) in [6.45, 7) is 3.14. The maximum Gasteiger partial charge on any atom is 0.158 e. The smallest absolute Gasteiger partial charge is 0.158 e. The van der Waals surface area contributed by atoms with Crippen molar-refractivity contribution < 1.29 is 9.84 Å². The third-order valence-electron chi connectivity index (χ3n) is 1.78. The molecule has 0 bridgehead atoms. The number of ether oxygens (including phenoxy) is 1. The molecule has 1 heterocycles. The van der Waals surface area contributed by atoms with Crippen LogP contribution in [-0.2, 0) is 25.0 Å². The number of aliphatic hydroxyl groups excluding tert-OH is 1. The lowest BCUT2D eigenvalue weighted by molar-refractivity contribution is 0.113. The number of rotatable bonds is 5. The lowest BCUT2D eigenvalue weighted by Gasteiger charge is -2.02. The molecule has 74 valence electrons. The van der Waals surface area contributed by atoms with Crippen molar-refractivity contribution in [1.29, 1.82) is 0 Å². The van der Waals surface area contributed by atoms with Gasteiger partial charge < -0.3 is 14.4 Å². The highest BCUT2D eigenvalue weighted by Gasteiger charge is 2.06. The summed E-state index contributed by atoms with van der Waals surface area (Å²) in [5, 5.41) is 16.5. The van der Waals surface area contributed by atoms with Crippen molar-refractivity contribution in [3.8, 4) is 0 Å². The zero-order valence-corrected chi connectivity index (χ0v) is 8.03. The average Bonchev–Trinajstić information content (AvgIpc) is 2.48. The molecule has 0 aliphatic carbocycles. The van der Waals surface area contributed by atoms with Crippen LogP contribution in [0.2, 0.25) is 0 Å². The van der Waals surface area contributed by atoms with E-state index < -0.39 is 0 Å². The van der Waals surface area contributed by atoms with E-state index in [1.54, 1.807) is 4.57 Å². The summed E-state index contributed by atoms with van der Waals surface area (Å²) in [5.74, 6) is 1.31. The van der Waals surface area contributed by atoms with Crippen molar-refractivity contribution >= 4 is 0 Å². The molecule has 0 aromatic carbocycles. The minimum absolute atomic E-state index is 0.0860. The fraction of sp³-hybridized carbons (Fsp3) is 0.750. The third-order valence-corrected chi connectivity index (χ3v) is 1.78. The number of hydrogen-bond donors (Lipinski definition) is 1. The molecule has 5 nitrogen and oxygen atoms in total. The summed E-state index contributed by atoms with van der Waals surface area (Å²) in [4.78, 5) is 0. The summed E-state index contributed by atoms with van der Waals surface area (Å²) >= 11 is 0. The van der Waals surface area contributed by atoms with Crippen LogP contribution in [0.25, 0.3) is 0 Å². The third kappa shape index (κ3) is 2.50. The van der Waals surface area contributed by atoms with Gasteiger partial charge in [0, 0.05) is 13.7 Å². The van der Waals surface area contributed by atoms with Crippen molar-refractivity contribution in [2.24, 2.45) is 7.05 Å². The summed E-state index contributed by atoms with van der Waals surface area (Å²) in [6.07, 6.45) is 0.991. The maximum atomic E-state index is 8.84. The highest BCUT2D eigenvalue weighted by molar-refractivity contribution is 4.91. The van der Waals surface area contributed by atoms with Crippen LogP contribution in [0.3, 0.4) is 0 Å². The van der Waals surface area contributed by atoms with Gasteiger partial charge in [-0.2, -0.15) is 0 Å². The molecule has 0 radical (unpaired) electrons. The van der Waals surface area contributed by atoms with Gasteiger partial charge in [-0.1, -0.05) is 6.92 Å². The van der Waals surface area contributed by atoms with E-state index in [1.165, 1.54) is 0 Å². The minimum Gasteiger partial charge on any atom is -0.388 e. The number of hydrogen-bond acceptors (Lipinski definition) is 4. The van der Waals surface area contributed by atoms with Crippen molar-refractivity contribution in [2.75, 3.05) is 6.61 Å². The van der Waals surface area contributed by atoms with Gasteiger partial charge in [-0.3, -0.25) is 0 Å². The van der Waals surface area contributed by atoms with Gasteiger partial charge in [-0.15, -0.1) is 10.2 Å². The van der Waals surface area contributed by atoms with E-state index in [4.69, 9.17) is 9.84 Å². The maximum absolute atomic E-state index is 8.84. The normalized spacial score (nSPS) is 10.7. The Bertz CT molecular complexity index is 260. The molecule has 0 saturated carbocycles. The van der Waals surface area contributed by atoms with Crippen molar-refractivity contribution in [2.45, 2.75) is 26.6 Å². The second-order valence-electron chi connectivity index (χ2n) is 2.80. The standard InChI is InChI=1S/C8H15N3O2/c1-3-4-13-6-8-10-9-7(5-12)11(8)2/h12H,3-6H2,1-2H3. The quantitative estimate of drug-likeness (QED) is 0.667. The first-order chi connectivity index (χ1) is 6.29. The molecule has 0 aliphatic rings. The first-order valence-corrected chi connectivity index (χ1v) is 4.35. The fourth-order valence-corrected chi connectivity index (χ4v) is 0.970. The predicted octanol–water partition coefficient (Wildman–Crippen LogP) is 0.234. The summed E-state index contributed by atoms with van der Waals surface area (Å²) in [5.41, 5.74) is 0. The van der Waals surface area contributed by atoms with Gasteiger partial charge in [0.15, 0.2) is 11.6 Å². The monoisotopic (exact) mass is 185 g/mol. The molecule has 1 rings (SSSR count). The lowest BCUT2D eigenvalue weighted by Crippen LogP contribution is -2.04. The van der Waals surface area contributed by atoms with Crippen molar-refractivity contribution in [1.82, 2.24) is 14.8 Å². The molecule has 5 heteroatoms. The van der Waals surface area contributed by atoms with E-state index in [1.807, 2.05) is 7.05 Å². The van der Waals surface area contributed by atoms with E-state index in [0.29, 0.717) is 12.4 Å². The van der Waals surface area contributed by atoms with E-state index in [9.17, 15) is 0 Å². The zero-order chi connectivity index (χ0) is 9.68. The van der Waals surface area contributed by atoms with Crippen molar-refractivity contribution in [3.05, 3.63) is 11.6 Å². The molecule has 0 unspecified atom stereocenters. The van der Waals surface area contributed by atoms with E-state index in [0.717, 1.165) is 18.9 Å². The molecule has 0 atom stereocenters. The summed E-state index contributed by atoms with van der Waals surface area (Å²) < 4.78 is 7.05. The number of aliphatic hydroxyl groups is 1. The largest absolute Gasteiger partial charge is 0.388 e. The van der Waals surface area contributed by atoms with Crippen LogP contribution in [0.4, 0.5) is 0 Å². The highest BCUT2D eigenvalue weighted by Crippen LogP contribution is 2.00. The van der Waals surface area contributed by atoms with Gasteiger partial charge in [0.1, 0.15) is 13.2 Å². The minimum atomic E-state index is -0.0860. The Morgan fingerprint density at radius 1 is 1.38 bits per heavy atom. The Hall–Kier alpha value is -0.940. The molecule has 0 amide bonds. The molecule has 0 saturated heterocycles. The van der Waals surface area contributed by atoms with E-state index >= 15 is 0 Å². The molecule has 1 aromatic rings. The number of aromatic nitrogens is 3. The van der Waals surface area contributed by atoms with Crippen LogP contribution in [0, 0.1) is 0 Å². The van der Waals surface area contributed by atoms with Gasteiger partial charge in [0.2, 0.25) is 0 Å². The Kier molecular flexibility index (Phi) is 3.85. The van der Waals surface area contributed by atoms with Gasteiger partial charge in [0.05, 0.1) is 0 Å². The van der Waals surface area contributed by atoms with E-state index in [-0.39, 0.29) is 6.61 Å². The predicted molar refractivity (Wildman–Crippen MR) is 46.9 cm³/mol. The van der Waals surface area contributed by atoms with Crippen LogP contribution < -0.4 is 0 Å². The Morgan fingerprint density at radius 3 is 2.62 bits per heavy atom. The van der Waals surface area contributed by atoms with Gasteiger partial charge >= 0.3 is 0 Å². The van der Waals surface area contributed by atoms with Crippen LogP contribution in [0.1, 0.15) is 25.0 Å². The Labute approximate surface area is 77.4 Å². The van der Waals surface area contributed by atoms with Crippen LogP contribution in [0.5, 0.6) is 0 Å². The topological polar surface area (TPSA) is 60.2 Å². The van der Waals surface area contributed by atoms with Crippen LogP contribution in [0.15, 0.2) is 0 Å². The zero-order valence-electron chi connectivity index (χ0n) is 8.03. The second kappa shape index (κ2) is 4.94. The first-order valence-electron chi connectivity index (χ1n) is 4.35. The summed E-state index contributed by atoms with van der Waals surface area (Å²) in [7, 11) is 1.82. The number of nitrogens with zero attached hydrogens (tertiary/aromatic N) is 3. The average molecular weight is 185 g/mol. The lowest BCUT2D eigenvalue weighted by atomic mass is 10.5. The first kappa shape index (κ1) is 10.1. The molecule has 13 heavy (non-hydrogen) atoms. The van der Waals surface area contributed by atoms with E-state index in [2.05, 4.69) is 17.1 Å². The second-order valence-corrected chi connectivity index (χ2v) is 2.80. The molecule has 0 spiro atoms. The van der Waals surface area contributed by atoms with Crippen molar-refractivity contribution in [3.63, 3.8) is 0 Å². The van der Waals surface area contributed by atoms with Gasteiger partial charge in [-0.25, -0.2) is 0 Å². The SMILES string of the molecule is CCCOCc1nnc(CO)n1C. The molecule has 0 fully saturated rings. The fourth-order valence-electron chi connectivity index (χ4n) is 0.970. The van der Waals surface area contributed by atoms with Gasteiger partial charge in [0.25, 0.3) is 0 Å². The molecule has 1 N–H and O–H groups in total. The van der Waals surface area contributed by atoms with Gasteiger partial charge in [-0.05, 0) is 6.42 Å². The molecular formula is C8H15N3O2. The highest BCUT2D eigenvalue weighted by atomic mass is 16.5. The van der Waals surface area contributed by atoms with Crippen LogP contribution >= 0.6 is 0 Å². The molecule has 0 aliphatic heterocycles. The Morgan fingerprint density at radius 2 is 2.08 bits per heavy atom. The Balaban J connectivity index is 2.51. The molecular weight excluding hydrogens is 170 g/mol.